The molecule has 0 bridgehead atoms. The van der Waals surface area contributed by atoms with Crippen molar-refractivity contribution in [2.45, 2.75) is 32.4 Å². The predicted octanol–water partition coefficient (Wildman–Crippen LogP) is 0.831. The Morgan fingerprint density at radius 3 is 3.06 bits per heavy atom. The van der Waals surface area contributed by atoms with Crippen molar-refractivity contribution in [1.82, 2.24) is 15.6 Å². The van der Waals surface area contributed by atoms with Crippen LogP contribution in [-0.4, -0.2) is 22.1 Å². The molecule has 0 atom stereocenters. The molecular formula is C12H17N5S. The summed E-state index contributed by atoms with van der Waals surface area (Å²) in [7, 11) is 0. The Kier molecular flexibility index (Phi) is 4.09. The maximum absolute atomic E-state index is 5.71. The van der Waals surface area contributed by atoms with Crippen LogP contribution in [0.4, 0.5) is 0 Å². The SMILES string of the molecule is Cc1cccnc1CNC(=S)NC(N)=NC1CC1. The molecule has 0 amide bonds. The summed E-state index contributed by atoms with van der Waals surface area (Å²) in [5.74, 6) is 0.382. The lowest BCUT2D eigenvalue weighted by atomic mass is 10.2. The van der Waals surface area contributed by atoms with Crippen molar-refractivity contribution < 1.29 is 0 Å². The van der Waals surface area contributed by atoms with E-state index in [1.165, 1.54) is 0 Å². The number of aliphatic imine (C=N–C) groups is 1. The van der Waals surface area contributed by atoms with Gasteiger partial charge in [-0.25, -0.2) is 4.99 Å². The maximum Gasteiger partial charge on any atom is 0.195 e. The molecule has 0 aliphatic heterocycles. The number of aryl methyl sites for hydroxylation is 1. The Morgan fingerprint density at radius 2 is 2.39 bits per heavy atom. The number of nitrogens with zero attached hydrogens (tertiary/aromatic N) is 2. The van der Waals surface area contributed by atoms with E-state index in [0.717, 1.165) is 24.1 Å². The zero-order chi connectivity index (χ0) is 13.0. The van der Waals surface area contributed by atoms with Crippen LogP contribution in [0.3, 0.4) is 0 Å². The molecule has 18 heavy (non-hydrogen) atoms. The van der Waals surface area contributed by atoms with Crippen molar-refractivity contribution in [3.63, 3.8) is 0 Å². The topological polar surface area (TPSA) is 75.3 Å². The molecule has 6 heteroatoms. The van der Waals surface area contributed by atoms with Crippen molar-refractivity contribution in [2.24, 2.45) is 10.7 Å². The van der Waals surface area contributed by atoms with Crippen LogP contribution in [0.1, 0.15) is 24.1 Å². The van der Waals surface area contributed by atoms with E-state index in [1.54, 1.807) is 6.20 Å². The highest BCUT2D eigenvalue weighted by Gasteiger charge is 2.20. The zero-order valence-electron chi connectivity index (χ0n) is 10.3. The second-order valence-electron chi connectivity index (χ2n) is 4.32. The molecule has 1 saturated carbocycles. The quantitative estimate of drug-likeness (QED) is 0.428. The molecule has 2 rings (SSSR count). The summed E-state index contributed by atoms with van der Waals surface area (Å²) in [4.78, 5) is 8.52. The second-order valence-corrected chi connectivity index (χ2v) is 4.73. The predicted molar refractivity (Wildman–Crippen MR) is 76.2 cm³/mol. The molecule has 0 aromatic carbocycles. The molecular weight excluding hydrogens is 246 g/mol. The summed E-state index contributed by atoms with van der Waals surface area (Å²) in [6.45, 7) is 2.60. The number of aromatic nitrogens is 1. The van der Waals surface area contributed by atoms with Gasteiger partial charge in [-0.05, 0) is 43.6 Å². The highest BCUT2D eigenvalue weighted by Crippen LogP contribution is 2.22. The van der Waals surface area contributed by atoms with Crippen LogP contribution in [0.5, 0.6) is 0 Å². The summed E-state index contributed by atoms with van der Waals surface area (Å²) in [6.07, 6.45) is 4.01. The van der Waals surface area contributed by atoms with Gasteiger partial charge in [0.15, 0.2) is 11.1 Å². The summed E-state index contributed by atoms with van der Waals surface area (Å²) >= 11 is 5.14. The van der Waals surface area contributed by atoms with Gasteiger partial charge in [0.25, 0.3) is 0 Å². The first-order valence-electron chi connectivity index (χ1n) is 5.94. The van der Waals surface area contributed by atoms with Crippen molar-refractivity contribution in [3.05, 3.63) is 29.6 Å². The highest BCUT2D eigenvalue weighted by atomic mass is 32.1. The summed E-state index contributed by atoms with van der Waals surface area (Å²) in [5.41, 5.74) is 7.81. The standard InChI is InChI=1S/C12H17N5S/c1-8-3-2-6-14-10(8)7-15-12(18)17-11(13)16-9-4-5-9/h2-3,6,9H,4-5,7H2,1H3,(H4,13,15,16,17,18). The van der Waals surface area contributed by atoms with Crippen LogP contribution >= 0.6 is 12.2 Å². The van der Waals surface area contributed by atoms with E-state index < -0.39 is 0 Å². The van der Waals surface area contributed by atoms with Crippen LogP contribution in [0.15, 0.2) is 23.3 Å². The number of nitrogens with two attached hydrogens (primary N) is 1. The minimum Gasteiger partial charge on any atom is -0.370 e. The smallest absolute Gasteiger partial charge is 0.195 e. The van der Waals surface area contributed by atoms with E-state index in [4.69, 9.17) is 18.0 Å². The third-order valence-corrected chi connectivity index (χ3v) is 2.89. The molecule has 0 unspecified atom stereocenters. The maximum atomic E-state index is 5.71. The molecule has 0 radical (unpaired) electrons. The van der Waals surface area contributed by atoms with Crippen molar-refractivity contribution in [3.8, 4) is 0 Å². The number of thiocarbonyl (C=S) groups is 1. The minimum atomic E-state index is 0.382. The molecule has 1 heterocycles. The second kappa shape index (κ2) is 5.77. The summed E-state index contributed by atoms with van der Waals surface area (Å²) < 4.78 is 0. The lowest BCUT2D eigenvalue weighted by molar-refractivity contribution is 0.855. The molecule has 1 aromatic rings. The fourth-order valence-electron chi connectivity index (χ4n) is 1.46. The van der Waals surface area contributed by atoms with Crippen LogP contribution in [0.2, 0.25) is 0 Å². The molecule has 1 aliphatic rings. The third kappa shape index (κ3) is 3.96. The number of hydrogen-bond donors (Lipinski definition) is 3. The van der Waals surface area contributed by atoms with Gasteiger partial charge in [-0.1, -0.05) is 6.07 Å². The van der Waals surface area contributed by atoms with Crippen LogP contribution < -0.4 is 16.4 Å². The third-order valence-electron chi connectivity index (χ3n) is 2.64. The number of rotatable bonds is 3. The first-order valence-corrected chi connectivity index (χ1v) is 6.34. The summed E-state index contributed by atoms with van der Waals surface area (Å²) in [6, 6.07) is 4.32. The van der Waals surface area contributed by atoms with Gasteiger partial charge in [-0.3, -0.25) is 4.98 Å². The van der Waals surface area contributed by atoms with Gasteiger partial charge in [-0.2, -0.15) is 0 Å². The largest absolute Gasteiger partial charge is 0.370 e. The average molecular weight is 263 g/mol. The van der Waals surface area contributed by atoms with Gasteiger partial charge in [0.2, 0.25) is 0 Å². The van der Waals surface area contributed by atoms with Crippen LogP contribution in [0, 0.1) is 6.92 Å². The number of hydrogen-bond acceptors (Lipinski definition) is 3. The van der Waals surface area contributed by atoms with Gasteiger partial charge in [-0.15, -0.1) is 0 Å². The van der Waals surface area contributed by atoms with E-state index >= 15 is 0 Å². The summed E-state index contributed by atoms with van der Waals surface area (Å²) in [5, 5.41) is 6.40. The molecule has 4 N–H and O–H groups in total. The molecule has 1 aliphatic carbocycles. The van der Waals surface area contributed by atoms with Gasteiger partial charge in [0.1, 0.15) is 0 Å². The van der Waals surface area contributed by atoms with Gasteiger partial charge in [0.05, 0.1) is 18.3 Å². The average Bonchev–Trinajstić information content (AvgIpc) is 3.11. The van der Waals surface area contributed by atoms with Gasteiger partial charge in [0, 0.05) is 6.20 Å². The Morgan fingerprint density at radius 1 is 1.61 bits per heavy atom. The van der Waals surface area contributed by atoms with Gasteiger partial charge < -0.3 is 16.4 Å². The number of nitrogens with one attached hydrogen (secondary N) is 2. The fraction of sp³-hybridized carbons (Fsp3) is 0.417. The van der Waals surface area contributed by atoms with E-state index in [-0.39, 0.29) is 0 Å². The monoisotopic (exact) mass is 263 g/mol. The van der Waals surface area contributed by atoms with Crippen molar-refractivity contribution in [1.29, 1.82) is 0 Å². The van der Waals surface area contributed by atoms with E-state index in [1.807, 2.05) is 19.1 Å². The normalized spacial score (nSPS) is 15.3. The lowest BCUT2D eigenvalue weighted by Crippen LogP contribution is -2.43. The Labute approximate surface area is 112 Å². The van der Waals surface area contributed by atoms with Crippen molar-refractivity contribution in [2.75, 3.05) is 0 Å². The Bertz CT molecular complexity index is 467. The van der Waals surface area contributed by atoms with Gasteiger partial charge >= 0.3 is 0 Å². The molecule has 96 valence electrons. The molecule has 1 fully saturated rings. The highest BCUT2D eigenvalue weighted by molar-refractivity contribution is 7.80. The molecule has 1 aromatic heterocycles. The van der Waals surface area contributed by atoms with E-state index in [0.29, 0.717) is 23.7 Å². The molecule has 5 nitrogen and oxygen atoms in total. The number of guanidine groups is 1. The minimum absolute atomic E-state index is 0.382. The number of pyridine rings is 1. The lowest BCUT2D eigenvalue weighted by Gasteiger charge is -2.10. The molecule has 0 saturated heterocycles. The first-order chi connectivity index (χ1) is 8.65. The van der Waals surface area contributed by atoms with E-state index in [9.17, 15) is 0 Å². The van der Waals surface area contributed by atoms with Crippen LogP contribution in [-0.2, 0) is 6.54 Å². The Balaban J connectivity index is 1.79. The first kappa shape index (κ1) is 12.8. The zero-order valence-corrected chi connectivity index (χ0v) is 11.1. The van der Waals surface area contributed by atoms with Crippen LogP contribution in [0.25, 0.3) is 0 Å². The van der Waals surface area contributed by atoms with Crippen molar-refractivity contribution >= 4 is 23.3 Å². The fourth-order valence-corrected chi connectivity index (χ4v) is 1.64. The molecule has 0 spiro atoms. The Hall–Kier alpha value is -1.69. The van der Waals surface area contributed by atoms with E-state index in [2.05, 4.69) is 20.6 Å².